The molecule has 2 aliphatic carbocycles. The van der Waals surface area contributed by atoms with E-state index in [1.54, 1.807) is 6.92 Å². The van der Waals surface area contributed by atoms with E-state index in [1.165, 1.54) is 25.1 Å². The van der Waals surface area contributed by atoms with E-state index >= 15 is 0 Å². The molecule has 0 aromatic heterocycles. The fourth-order valence-electron chi connectivity index (χ4n) is 5.65. The van der Waals surface area contributed by atoms with E-state index in [0.29, 0.717) is 0 Å². The van der Waals surface area contributed by atoms with Crippen LogP contribution in [0.25, 0.3) is 0 Å². The average molecular weight is 534 g/mol. The van der Waals surface area contributed by atoms with Crippen LogP contribution in [0.5, 0.6) is 17.2 Å². The smallest absolute Gasteiger partial charge is 0.202 e. The number of aliphatic hydroxyl groups is 3. The van der Waals surface area contributed by atoms with Crippen LogP contribution in [0.3, 0.4) is 0 Å². The van der Waals surface area contributed by atoms with Crippen LogP contribution in [-0.4, -0.2) is 80.4 Å². The standard InChI is InChI=1S/C27H31NO10/c1-10-22(30)14(28)7-17(37-10)38-16-9-27(35,11(2)29)8-13-19(16)26(34)21-20(24(13)32)23(31)12-5-4-6-15(36-3)18(12)25(21)33/h4-6,10-11,14,16-17,22,29-30,32,34-35H,7-9,28H2,1-3H3/t10-,11+,14-,16-,17?,22+,27-/m0/s1/i3+1D3. The van der Waals surface area contributed by atoms with Gasteiger partial charge in [0.25, 0.3) is 0 Å². The number of phenolic OH excluding ortho intramolecular Hbond substituents is 2. The van der Waals surface area contributed by atoms with Gasteiger partial charge in [0.1, 0.15) is 17.2 Å². The van der Waals surface area contributed by atoms with Gasteiger partial charge >= 0.3 is 0 Å². The Labute approximate surface area is 222 Å². The Bertz CT molecular complexity index is 1420. The van der Waals surface area contributed by atoms with Crippen molar-refractivity contribution in [3.8, 4) is 17.2 Å². The van der Waals surface area contributed by atoms with E-state index in [1.807, 2.05) is 0 Å². The minimum absolute atomic E-state index is 0.0305. The second-order valence-electron chi connectivity index (χ2n) is 10.2. The van der Waals surface area contributed by atoms with Gasteiger partial charge in [-0.3, -0.25) is 9.59 Å². The summed E-state index contributed by atoms with van der Waals surface area (Å²) in [5.74, 6) is -3.67. The molecule has 1 unspecified atom stereocenters. The number of fused-ring (bicyclic) bond motifs is 3. The first-order valence-electron chi connectivity index (χ1n) is 13.7. The lowest BCUT2D eigenvalue weighted by Gasteiger charge is -2.43. The number of benzene rings is 2. The van der Waals surface area contributed by atoms with Gasteiger partial charge in [0.15, 0.2) is 12.1 Å². The van der Waals surface area contributed by atoms with Crippen LogP contribution < -0.4 is 10.5 Å². The minimum atomic E-state index is -2.95. The van der Waals surface area contributed by atoms with E-state index < -0.39 is 101 Å². The first-order chi connectivity index (χ1) is 19.0. The van der Waals surface area contributed by atoms with Gasteiger partial charge in [-0.1, -0.05) is 12.1 Å². The molecule has 7 atom stereocenters. The monoisotopic (exact) mass is 533 g/mol. The summed E-state index contributed by atoms with van der Waals surface area (Å²) in [6, 6.07) is 3.05. The summed E-state index contributed by atoms with van der Waals surface area (Å²) in [6.07, 6.45) is -6.01. The lowest BCUT2D eigenvalue weighted by molar-refractivity contribution is -0.250. The Morgan fingerprint density at radius 3 is 2.55 bits per heavy atom. The number of hydrogen-bond acceptors (Lipinski definition) is 11. The van der Waals surface area contributed by atoms with Crippen molar-refractivity contribution in [3.63, 3.8) is 0 Å². The van der Waals surface area contributed by atoms with Crippen molar-refractivity contribution in [2.24, 2.45) is 5.73 Å². The van der Waals surface area contributed by atoms with E-state index in [0.717, 1.165) is 0 Å². The molecule has 0 spiro atoms. The number of hydrogen-bond donors (Lipinski definition) is 6. The molecule has 1 fully saturated rings. The van der Waals surface area contributed by atoms with Crippen molar-refractivity contribution in [1.29, 1.82) is 0 Å². The highest BCUT2D eigenvalue weighted by Crippen LogP contribution is 2.52. The van der Waals surface area contributed by atoms with Crippen LogP contribution in [0.2, 0.25) is 0 Å². The molecule has 0 bridgehead atoms. The van der Waals surface area contributed by atoms with Gasteiger partial charge in [0, 0.05) is 42.0 Å². The maximum absolute atomic E-state index is 13.8. The molecule has 1 saturated heterocycles. The Hall–Kier alpha value is -3.06. The largest absolute Gasteiger partial charge is 0.507 e. The third-order valence-corrected chi connectivity index (χ3v) is 7.84. The summed E-state index contributed by atoms with van der Waals surface area (Å²) in [5.41, 5.74) is 2.16. The summed E-state index contributed by atoms with van der Waals surface area (Å²) in [7, 11) is -2.95. The minimum Gasteiger partial charge on any atom is -0.507 e. The Kier molecular flexibility index (Phi) is 5.60. The number of carbonyl (C=O) groups is 2. The van der Waals surface area contributed by atoms with Crippen molar-refractivity contribution in [2.45, 2.75) is 75.5 Å². The average Bonchev–Trinajstić information content (AvgIpc) is 2.86. The molecule has 0 saturated carbocycles. The molecule has 2 aromatic carbocycles. The maximum Gasteiger partial charge on any atom is 0.202 e. The highest BCUT2D eigenvalue weighted by molar-refractivity contribution is 6.31. The van der Waals surface area contributed by atoms with Crippen LogP contribution in [0.4, 0.5) is 0 Å². The molecular formula is C27H31NO10. The van der Waals surface area contributed by atoms with Crippen LogP contribution >= 0.6 is 0 Å². The number of methoxy groups -OCH3 is 1. The lowest BCUT2D eigenvalue weighted by Crippen LogP contribution is -2.53. The second-order valence-corrected chi connectivity index (χ2v) is 10.2. The summed E-state index contributed by atoms with van der Waals surface area (Å²) in [6.45, 7) is 2.92. The molecule has 5 rings (SSSR count). The Morgan fingerprint density at radius 2 is 1.89 bits per heavy atom. The first-order valence-corrected chi connectivity index (χ1v) is 12.2. The Morgan fingerprint density at radius 1 is 1.18 bits per heavy atom. The van der Waals surface area contributed by atoms with Crippen molar-refractivity contribution < 1.29 is 53.4 Å². The SMILES string of the molecule is [2H][13C]([2H])([2H])Oc1cccc2c1C(=O)c1c(O)c3c(c(O)c1C2=O)C[C@@](O)([C@@H](C)O)C[C@@H]3OC1C[C@H](N)[C@H](O)[C@H](C)O1. The van der Waals surface area contributed by atoms with Crippen molar-refractivity contribution in [2.75, 3.05) is 7.04 Å². The lowest BCUT2D eigenvalue weighted by atomic mass is 9.71. The quantitative estimate of drug-likeness (QED) is 0.206. The summed E-state index contributed by atoms with van der Waals surface area (Å²) in [4.78, 5) is 27.4. The number of nitrogens with two attached hydrogens (primary N) is 1. The third-order valence-electron chi connectivity index (χ3n) is 7.84. The fourth-order valence-corrected chi connectivity index (χ4v) is 5.65. The molecule has 2 aromatic rings. The van der Waals surface area contributed by atoms with Crippen LogP contribution in [0.15, 0.2) is 18.2 Å². The molecule has 1 aliphatic heterocycles. The van der Waals surface area contributed by atoms with Crippen molar-refractivity contribution in [1.82, 2.24) is 0 Å². The van der Waals surface area contributed by atoms with Gasteiger partial charge in [-0.15, -0.1) is 0 Å². The number of aliphatic hydroxyl groups excluding tert-OH is 2. The number of ether oxygens (including phenoxy) is 3. The maximum atomic E-state index is 13.8. The molecule has 0 radical (unpaired) electrons. The van der Waals surface area contributed by atoms with Gasteiger partial charge in [-0.05, 0) is 19.9 Å². The predicted molar refractivity (Wildman–Crippen MR) is 131 cm³/mol. The normalized spacial score (nSPS) is 32.8. The number of carbonyl (C=O) groups excluding carboxylic acids is 2. The summed E-state index contributed by atoms with van der Waals surface area (Å²) < 4.78 is 39.1. The molecule has 3 aliphatic rings. The Balaban J connectivity index is 1.67. The zero-order chi connectivity index (χ0) is 30.2. The molecule has 1 heterocycles. The number of aromatic hydroxyl groups is 2. The van der Waals surface area contributed by atoms with Crippen molar-refractivity contribution >= 4 is 11.6 Å². The van der Waals surface area contributed by atoms with E-state index in [-0.39, 0.29) is 29.5 Å². The van der Waals surface area contributed by atoms with Gasteiger partial charge in [-0.25, -0.2) is 0 Å². The van der Waals surface area contributed by atoms with E-state index in [2.05, 4.69) is 0 Å². The highest BCUT2D eigenvalue weighted by Gasteiger charge is 2.49. The zero-order valence-electron chi connectivity index (χ0n) is 23.7. The molecule has 7 N–H and O–H groups in total. The number of phenols is 2. The van der Waals surface area contributed by atoms with Crippen LogP contribution in [0, 0.1) is 0 Å². The van der Waals surface area contributed by atoms with Gasteiger partial charge in [0.05, 0.1) is 57.9 Å². The summed E-state index contributed by atoms with van der Waals surface area (Å²) in [5, 5.41) is 54.8. The molecule has 0 amide bonds. The van der Waals surface area contributed by atoms with Gasteiger partial charge in [0.2, 0.25) is 5.78 Å². The number of ketones is 2. The van der Waals surface area contributed by atoms with E-state index in [9.17, 15) is 35.1 Å². The van der Waals surface area contributed by atoms with Crippen LogP contribution in [-0.2, 0) is 15.9 Å². The van der Waals surface area contributed by atoms with Gasteiger partial charge < -0.3 is 45.5 Å². The summed E-state index contributed by atoms with van der Waals surface area (Å²) >= 11 is 0. The van der Waals surface area contributed by atoms with Crippen molar-refractivity contribution in [3.05, 3.63) is 51.6 Å². The topological polar surface area (TPSA) is 189 Å². The first kappa shape index (κ1) is 22.9. The molecule has 204 valence electrons. The fraction of sp³-hybridized carbons (Fsp3) is 0.481. The van der Waals surface area contributed by atoms with Gasteiger partial charge in [-0.2, -0.15) is 0 Å². The third kappa shape index (κ3) is 3.89. The number of rotatable bonds is 4. The molecule has 38 heavy (non-hydrogen) atoms. The van der Waals surface area contributed by atoms with Crippen LogP contribution in [0.1, 0.15) is 79.9 Å². The predicted octanol–water partition coefficient (Wildman–Crippen LogP) is 0.821. The molecular weight excluding hydrogens is 499 g/mol. The zero-order valence-corrected chi connectivity index (χ0v) is 20.7. The second kappa shape index (κ2) is 9.30. The molecule has 11 heteroatoms. The highest BCUT2D eigenvalue weighted by atomic mass is 16.7. The molecule has 11 nitrogen and oxygen atoms in total. The van der Waals surface area contributed by atoms with E-state index in [4.69, 9.17) is 24.1 Å².